The average molecular weight is 347 g/mol. The second-order valence-electron chi connectivity index (χ2n) is 5.75. The number of rotatable bonds is 8. The minimum atomic E-state index is -0.0215. The van der Waals surface area contributed by atoms with Crippen molar-refractivity contribution in [2.24, 2.45) is 0 Å². The highest BCUT2D eigenvalue weighted by Crippen LogP contribution is 2.19. The van der Waals surface area contributed by atoms with Gasteiger partial charge in [0.05, 0.1) is 19.1 Å². The van der Waals surface area contributed by atoms with Crippen molar-refractivity contribution in [2.45, 2.75) is 12.5 Å². The van der Waals surface area contributed by atoms with Gasteiger partial charge in [0.2, 0.25) is 5.91 Å². The molecule has 2 aromatic carbocycles. The van der Waals surface area contributed by atoms with Gasteiger partial charge in [0.1, 0.15) is 5.75 Å². The predicted octanol–water partition coefficient (Wildman–Crippen LogP) is 3.53. The fraction of sp³-hybridized carbons (Fsp3) is 0.316. The van der Waals surface area contributed by atoms with Crippen LogP contribution in [0, 0.1) is 0 Å². The molecule has 0 aliphatic heterocycles. The van der Waals surface area contributed by atoms with E-state index >= 15 is 0 Å². The Morgan fingerprint density at radius 2 is 1.79 bits per heavy atom. The van der Waals surface area contributed by atoms with Crippen LogP contribution in [-0.2, 0) is 4.79 Å². The molecule has 1 unspecified atom stereocenters. The monoisotopic (exact) mass is 346 g/mol. The topological polar surface area (TPSA) is 41.6 Å². The third kappa shape index (κ3) is 5.87. The second kappa shape index (κ2) is 9.30. The zero-order valence-corrected chi connectivity index (χ0v) is 14.8. The van der Waals surface area contributed by atoms with Gasteiger partial charge in [-0.1, -0.05) is 41.9 Å². The van der Waals surface area contributed by atoms with Gasteiger partial charge in [-0.2, -0.15) is 0 Å². The Kier molecular flexibility index (Phi) is 7.09. The maximum atomic E-state index is 12.0. The molecule has 0 aromatic heterocycles. The van der Waals surface area contributed by atoms with Crippen LogP contribution in [0.1, 0.15) is 18.0 Å². The van der Waals surface area contributed by atoms with E-state index in [-0.39, 0.29) is 11.9 Å². The minimum Gasteiger partial charge on any atom is -0.493 e. The van der Waals surface area contributed by atoms with Crippen LogP contribution < -0.4 is 10.1 Å². The molecule has 0 saturated carbocycles. The van der Waals surface area contributed by atoms with Gasteiger partial charge >= 0.3 is 0 Å². The molecular formula is C19H23ClN2O2. The number of nitrogens with zero attached hydrogens (tertiary/aromatic N) is 1. The van der Waals surface area contributed by atoms with Gasteiger partial charge in [-0.15, -0.1) is 0 Å². The van der Waals surface area contributed by atoms with Crippen molar-refractivity contribution in [1.29, 1.82) is 0 Å². The maximum absolute atomic E-state index is 12.0. The number of hydrogen-bond donors (Lipinski definition) is 1. The van der Waals surface area contributed by atoms with Gasteiger partial charge in [-0.3, -0.25) is 4.79 Å². The summed E-state index contributed by atoms with van der Waals surface area (Å²) >= 11 is 5.93. The molecule has 0 heterocycles. The second-order valence-corrected chi connectivity index (χ2v) is 6.18. The molecule has 2 aromatic rings. The summed E-state index contributed by atoms with van der Waals surface area (Å²) in [6.45, 7) is 0.905. The summed E-state index contributed by atoms with van der Waals surface area (Å²) in [6.07, 6.45) is 0.329. The summed E-state index contributed by atoms with van der Waals surface area (Å²) in [4.78, 5) is 14.1. The van der Waals surface area contributed by atoms with E-state index < -0.39 is 0 Å². The zero-order chi connectivity index (χ0) is 17.4. The number of ether oxygens (including phenoxy) is 1. The summed E-state index contributed by atoms with van der Waals surface area (Å²) < 4.78 is 5.54. The van der Waals surface area contributed by atoms with E-state index in [0.717, 1.165) is 11.3 Å². The van der Waals surface area contributed by atoms with Gasteiger partial charge in [-0.25, -0.2) is 0 Å². The average Bonchev–Trinajstić information content (AvgIpc) is 2.57. The van der Waals surface area contributed by atoms with Crippen LogP contribution in [0.2, 0.25) is 5.02 Å². The number of carbonyl (C=O) groups excluding carboxylic acids is 1. The molecule has 2 rings (SSSR count). The number of halogens is 1. The molecule has 1 amide bonds. The van der Waals surface area contributed by atoms with Crippen molar-refractivity contribution in [3.05, 3.63) is 65.2 Å². The van der Waals surface area contributed by atoms with E-state index in [1.165, 1.54) is 0 Å². The van der Waals surface area contributed by atoms with Crippen molar-refractivity contribution in [3.8, 4) is 5.75 Å². The van der Waals surface area contributed by atoms with E-state index in [0.29, 0.717) is 24.6 Å². The zero-order valence-electron chi connectivity index (χ0n) is 14.0. The van der Waals surface area contributed by atoms with Gasteiger partial charge in [-0.05, 0) is 43.9 Å². The number of hydrogen-bond acceptors (Lipinski definition) is 3. The summed E-state index contributed by atoms with van der Waals surface area (Å²) in [5, 5.41) is 3.68. The number of para-hydroxylation sites is 1. The molecule has 4 nitrogen and oxygen atoms in total. The number of likely N-dealkylation sites (N-methyl/N-ethyl adjacent to an activating group) is 1. The van der Waals surface area contributed by atoms with E-state index in [1.807, 2.05) is 68.7 Å². The number of nitrogens with one attached hydrogen (secondary N) is 1. The van der Waals surface area contributed by atoms with Gasteiger partial charge < -0.3 is 15.0 Å². The molecule has 0 fully saturated rings. The lowest BCUT2D eigenvalue weighted by Gasteiger charge is -2.25. The van der Waals surface area contributed by atoms with E-state index in [1.54, 1.807) is 0 Å². The highest BCUT2D eigenvalue weighted by Gasteiger charge is 2.15. The first-order valence-corrected chi connectivity index (χ1v) is 8.30. The van der Waals surface area contributed by atoms with E-state index in [4.69, 9.17) is 16.3 Å². The summed E-state index contributed by atoms with van der Waals surface area (Å²) in [5.74, 6) is 0.754. The lowest BCUT2D eigenvalue weighted by atomic mass is 10.1. The molecule has 1 atom stereocenters. The molecule has 128 valence electrons. The molecule has 0 bridgehead atoms. The third-order valence-corrected chi connectivity index (χ3v) is 3.96. The molecule has 0 radical (unpaired) electrons. The highest BCUT2D eigenvalue weighted by atomic mass is 35.5. The standard InChI is InChI=1S/C19H23ClN2O2/c1-22(2)18(15-8-10-16(20)11-9-15)14-21-19(23)12-13-24-17-6-4-3-5-7-17/h3-11,18H,12-14H2,1-2H3,(H,21,23). The van der Waals surface area contributed by atoms with Crippen LogP contribution in [-0.4, -0.2) is 38.1 Å². The van der Waals surface area contributed by atoms with Crippen LogP contribution in [0.15, 0.2) is 54.6 Å². The van der Waals surface area contributed by atoms with Crippen molar-refractivity contribution in [3.63, 3.8) is 0 Å². The lowest BCUT2D eigenvalue weighted by Crippen LogP contribution is -2.35. The number of carbonyl (C=O) groups is 1. The van der Waals surface area contributed by atoms with Crippen LogP contribution in [0.5, 0.6) is 5.75 Å². The van der Waals surface area contributed by atoms with Crippen LogP contribution in [0.3, 0.4) is 0 Å². The Morgan fingerprint density at radius 1 is 1.12 bits per heavy atom. The number of benzene rings is 2. The SMILES string of the molecule is CN(C)C(CNC(=O)CCOc1ccccc1)c1ccc(Cl)cc1. The largest absolute Gasteiger partial charge is 0.493 e. The van der Waals surface area contributed by atoms with Crippen molar-refractivity contribution in [1.82, 2.24) is 10.2 Å². The fourth-order valence-electron chi connectivity index (χ4n) is 2.36. The van der Waals surface area contributed by atoms with Gasteiger partial charge in [0.15, 0.2) is 0 Å². The van der Waals surface area contributed by atoms with Crippen LogP contribution in [0.25, 0.3) is 0 Å². The Morgan fingerprint density at radius 3 is 2.42 bits per heavy atom. The van der Waals surface area contributed by atoms with Crippen LogP contribution >= 0.6 is 11.6 Å². The maximum Gasteiger partial charge on any atom is 0.223 e. The summed E-state index contributed by atoms with van der Waals surface area (Å²) in [6, 6.07) is 17.3. The minimum absolute atomic E-state index is 0.0215. The van der Waals surface area contributed by atoms with Gasteiger partial charge in [0, 0.05) is 11.6 Å². The Hall–Kier alpha value is -2.04. The van der Waals surface area contributed by atoms with E-state index in [9.17, 15) is 4.79 Å². The molecule has 24 heavy (non-hydrogen) atoms. The van der Waals surface area contributed by atoms with Crippen LogP contribution in [0.4, 0.5) is 0 Å². The molecule has 0 saturated heterocycles. The summed E-state index contributed by atoms with van der Waals surface area (Å²) in [7, 11) is 3.98. The molecule has 0 aliphatic carbocycles. The number of amides is 1. The smallest absolute Gasteiger partial charge is 0.223 e. The first kappa shape index (κ1) is 18.3. The van der Waals surface area contributed by atoms with Crippen molar-refractivity contribution >= 4 is 17.5 Å². The lowest BCUT2D eigenvalue weighted by molar-refractivity contribution is -0.121. The predicted molar refractivity (Wildman–Crippen MR) is 97.4 cm³/mol. The molecule has 5 heteroatoms. The third-order valence-electron chi connectivity index (χ3n) is 3.71. The van der Waals surface area contributed by atoms with Gasteiger partial charge in [0.25, 0.3) is 0 Å². The molecule has 0 aliphatic rings. The molecule has 0 spiro atoms. The van der Waals surface area contributed by atoms with Crippen molar-refractivity contribution in [2.75, 3.05) is 27.2 Å². The summed E-state index contributed by atoms with van der Waals surface area (Å²) in [5.41, 5.74) is 1.12. The Balaban J connectivity index is 1.79. The Bertz CT molecular complexity index is 630. The van der Waals surface area contributed by atoms with Crippen molar-refractivity contribution < 1.29 is 9.53 Å². The molecular weight excluding hydrogens is 324 g/mol. The highest BCUT2D eigenvalue weighted by molar-refractivity contribution is 6.30. The fourth-order valence-corrected chi connectivity index (χ4v) is 2.49. The first-order valence-electron chi connectivity index (χ1n) is 7.92. The Labute approximate surface area is 148 Å². The molecule has 1 N–H and O–H groups in total. The quantitative estimate of drug-likeness (QED) is 0.795. The normalized spacial score (nSPS) is 12.0. The van der Waals surface area contributed by atoms with E-state index in [2.05, 4.69) is 10.2 Å². The first-order chi connectivity index (χ1) is 11.6.